The smallest absolute Gasteiger partial charge is 0.179 e. The van der Waals surface area contributed by atoms with Crippen molar-refractivity contribution in [3.8, 4) is 11.5 Å². The van der Waals surface area contributed by atoms with E-state index >= 15 is 0 Å². The number of rotatable bonds is 4. The molecular formula is C13H17ClN4. The Hall–Kier alpha value is -1.42. The summed E-state index contributed by atoms with van der Waals surface area (Å²) >= 11 is 6.05. The maximum atomic E-state index is 6.05. The molecule has 0 fully saturated rings. The third-order valence-electron chi connectivity index (χ3n) is 2.71. The van der Waals surface area contributed by atoms with Gasteiger partial charge >= 0.3 is 0 Å². The Bertz CT molecular complexity index is 534. The van der Waals surface area contributed by atoms with Crippen LogP contribution in [0.1, 0.15) is 38.9 Å². The Morgan fingerprint density at radius 2 is 2.11 bits per heavy atom. The number of aromatic nitrogens is 4. The molecule has 5 heteroatoms. The molecule has 18 heavy (non-hydrogen) atoms. The summed E-state index contributed by atoms with van der Waals surface area (Å²) in [6.45, 7) is 6.32. The molecule has 0 spiro atoms. The Morgan fingerprint density at radius 3 is 2.78 bits per heavy atom. The predicted octanol–water partition coefficient (Wildman–Crippen LogP) is 3.53. The van der Waals surface area contributed by atoms with E-state index in [1.165, 1.54) is 0 Å². The van der Waals surface area contributed by atoms with E-state index in [1.54, 1.807) is 12.5 Å². The Labute approximate surface area is 112 Å². The molecule has 0 aliphatic rings. The molecule has 0 aliphatic heterocycles. The first-order valence-electron chi connectivity index (χ1n) is 6.17. The van der Waals surface area contributed by atoms with Crippen LogP contribution >= 0.6 is 11.6 Å². The highest BCUT2D eigenvalue weighted by Crippen LogP contribution is 2.21. The molecule has 0 amide bonds. The second-order valence-electron chi connectivity index (χ2n) is 4.54. The SMILES string of the molecule is CCCc1cc(Cl)nc(-c2cncn2C(C)C)n1. The fourth-order valence-electron chi connectivity index (χ4n) is 1.85. The summed E-state index contributed by atoms with van der Waals surface area (Å²) < 4.78 is 2.04. The number of hydrogen-bond donors (Lipinski definition) is 0. The summed E-state index contributed by atoms with van der Waals surface area (Å²) in [4.78, 5) is 13.0. The minimum absolute atomic E-state index is 0.319. The van der Waals surface area contributed by atoms with Crippen LogP contribution in [-0.4, -0.2) is 19.5 Å². The van der Waals surface area contributed by atoms with E-state index in [4.69, 9.17) is 11.6 Å². The van der Waals surface area contributed by atoms with Crippen molar-refractivity contribution in [3.05, 3.63) is 29.4 Å². The topological polar surface area (TPSA) is 43.6 Å². The van der Waals surface area contributed by atoms with Crippen LogP contribution in [0.4, 0.5) is 0 Å². The number of hydrogen-bond acceptors (Lipinski definition) is 3. The third-order valence-corrected chi connectivity index (χ3v) is 2.90. The molecule has 2 rings (SSSR count). The largest absolute Gasteiger partial charge is 0.325 e. The highest BCUT2D eigenvalue weighted by molar-refractivity contribution is 6.29. The minimum atomic E-state index is 0.319. The van der Waals surface area contributed by atoms with Crippen LogP contribution in [0, 0.1) is 0 Å². The Morgan fingerprint density at radius 1 is 1.33 bits per heavy atom. The maximum Gasteiger partial charge on any atom is 0.179 e. The van der Waals surface area contributed by atoms with Crippen LogP contribution in [0.3, 0.4) is 0 Å². The molecule has 2 heterocycles. The van der Waals surface area contributed by atoms with E-state index in [9.17, 15) is 0 Å². The maximum absolute atomic E-state index is 6.05. The molecule has 2 aromatic heterocycles. The van der Waals surface area contributed by atoms with E-state index in [0.717, 1.165) is 24.2 Å². The molecule has 0 radical (unpaired) electrons. The van der Waals surface area contributed by atoms with Gasteiger partial charge in [0.05, 0.1) is 12.5 Å². The summed E-state index contributed by atoms with van der Waals surface area (Å²) in [6.07, 6.45) is 5.52. The lowest BCUT2D eigenvalue weighted by atomic mass is 10.2. The zero-order valence-electron chi connectivity index (χ0n) is 10.9. The minimum Gasteiger partial charge on any atom is -0.325 e. The van der Waals surface area contributed by atoms with E-state index in [-0.39, 0.29) is 0 Å². The van der Waals surface area contributed by atoms with Crippen molar-refractivity contribution in [2.24, 2.45) is 0 Å². The number of halogens is 1. The molecule has 2 aromatic rings. The molecule has 4 nitrogen and oxygen atoms in total. The van der Waals surface area contributed by atoms with Gasteiger partial charge in [-0.3, -0.25) is 0 Å². The number of nitrogens with zero attached hydrogens (tertiary/aromatic N) is 4. The van der Waals surface area contributed by atoms with Gasteiger partial charge in [0, 0.05) is 11.7 Å². The quantitative estimate of drug-likeness (QED) is 0.794. The van der Waals surface area contributed by atoms with Gasteiger partial charge in [-0.05, 0) is 26.3 Å². The number of aryl methyl sites for hydroxylation is 1. The molecule has 0 bridgehead atoms. The van der Waals surface area contributed by atoms with Gasteiger partial charge in [0.2, 0.25) is 0 Å². The second-order valence-corrected chi connectivity index (χ2v) is 4.92. The van der Waals surface area contributed by atoms with Crippen molar-refractivity contribution in [2.75, 3.05) is 0 Å². The van der Waals surface area contributed by atoms with Crippen molar-refractivity contribution >= 4 is 11.6 Å². The van der Waals surface area contributed by atoms with Crippen molar-refractivity contribution in [1.29, 1.82) is 0 Å². The second kappa shape index (κ2) is 5.48. The monoisotopic (exact) mass is 264 g/mol. The highest BCUT2D eigenvalue weighted by atomic mass is 35.5. The van der Waals surface area contributed by atoms with Gasteiger partial charge in [-0.1, -0.05) is 24.9 Å². The zero-order chi connectivity index (χ0) is 13.1. The fourth-order valence-corrected chi connectivity index (χ4v) is 2.06. The van der Waals surface area contributed by atoms with Gasteiger partial charge in [-0.2, -0.15) is 0 Å². The summed E-state index contributed by atoms with van der Waals surface area (Å²) in [5.74, 6) is 0.650. The van der Waals surface area contributed by atoms with Crippen molar-refractivity contribution in [1.82, 2.24) is 19.5 Å². The van der Waals surface area contributed by atoms with Gasteiger partial charge in [0.15, 0.2) is 5.82 Å². The Kier molecular flexibility index (Phi) is 3.97. The van der Waals surface area contributed by atoms with Gasteiger partial charge in [-0.25, -0.2) is 15.0 Å². The fraction of sp³-hybridized carbons (Fsp3) is 0.462. The third kappa shape index (κ3) is 2.70. The number of imidazole rings is 1. The van der Waals surface area contributed by atoms with Crippen LogP contribution in [0.2, 0.25) is 5.15 Å². The lowest BCUT2D eigenvalue weighted by Crippen LogP contribution is -2.04. The summed E-state index contributed by atoms with van der Waals surface area (Å²) in [6, 6.07) is 2.14. The van der Waals surface area contributed by atoms with Gasteiger partial charge in [0.25, 0.3) is 0 Å². The van der Waals surface area contributed by atoms with Crippen molar-refractivity contribution in [3.63, 3.8) is 0 Å². The molecule has 0 atom stereocenters. The van der Waals surface area contributed by atoms with Gasteiger partial charge in [-0.15, -0.1) is 0 Å². The van der Waals surface area contributed by atoms with E-state index in [1.807, 2.05) is 10.6 Å². The van der Waals surface area contributed by atoms with Crippen LogP contribution in [0.25, 0.3) is 11.5 Å². The first kappa shape index (κ1) is 13.0. The van der Waals surface area contributed by atoms with Gasteiger partial charge < -0.3 is 4.57 Å². The molecule has 0 aromatic carbocycles. The van der Waals surface area contributed by atoms with Crippen LogP contribution in [0.5, 0.6) is 0 Å². The highest BCUT2D eigenvalue weighted by Gasteiger charge is 2.12. The van der Waals surface area contributed by atoms with E-state index in [2.05, 4.69) is 35.7 Å². The Balaban J connectivity index is 2.46. The standard InChI is InChI=1S/C13H17ClN4/c1-4-5-10-6-12(14)17-13(16-10)11-7-15-8-18(11)9(2)3/h6-9H,4-5H2,1-3H3. The van der Waals surface area contributed by atoms with Gasteiger partial charge in [0.1, 0.15) is 10.8 Å². The zero-order valence-corrected chi connectivity index (χ0v) is 11.6. The van der Waals surface area contributed by atoms with E-state index < -0.39 is 0 Å². The molecular weight excluding hydrogens is 248 g/mol. The molecule has 0 unspecified atom stereocenters. The van der Waals surface area contributed by atoms with Crippen LogP contribution in [0.15, 0.2) is 18.6 Å². The first-order valence-corrected chi connectivity index (χ1v) is 6.55. The average Bonchev–Trinajstić information content (AvgIpc) is 2.77. The molecule has 0 N–H and O–H groups in total. The predicted molar refractivity (Wildman–Crippen MR) is 72.6 cm³/mol. The van der Waals surface area contributed by atoms with Crippen LogP contribution < -0.4 is 0 Å². The lowest BCUT2D eigenvalue weighted by molar-refractivity contribution is 0.603. The molecule has 0 aliphatic carbocycles. The lowest BCUT2D eigenvalue weighted by Gasteiger charge is -2.11. The van der Waals surface area contributed by atoms with E-state index in [0.29, 0.717) is 17.0 Å². The molecule has 0 saturated carbocycles. The summed E-state index contributed by atoms with van der Waals surface area (Å²) in [5, 5.41) is 0.486. The van der Waals surface area contributed by atoms with Crippen LogP contribution in [-0.2, 0) is 6.42 Å². The average molecular weight is 265 g/mol. The van der Waals surface area contributed by atoms with Crippen molar-refractivity contribution < 1.29 is 0 Å². The molecule has 96 valence electrons. The summed E-state index contributed by atoms with van der Waals surface area (Å²) in [7, 11) is 0. The first-order chi connectivity index (χ1) is 8.61. The molecule has 0 saturated heterocycles. The normalized spacial score (nSPS) is 11.2. The summed E-state index contributed by atoms with van der Waals surface area (Å²) in [5.41, 5.74) is 1.88. The van der Waals surface area contributed by atoms with Crippen molar-refractivity contribution in [2.45, 2.75) is 39.7 Å².